The number of amides is 1. The van der Waals surface area contributed by atoms with Crippen molar-refractivity contribution in [3.05, 3.63) is 45.0 Å². The zero-order chi connectivity index (χ0) is 19.1. The van der Waals surface area contributed by atoms with E-state index in [4.69, 9.17) is 4.52 Å². The van der Waals surface area contributed by atoms with E-state index in [2.05, 4.69) is 10.1 Å². The maximum atomic E-state index is 13.3. The molecule has 2 aliphatic rings. The molecule has 0 bridgehead atoms. The van der Waals surface area contributed by atoms with Gasteiger partial charge in [-0.25, -0.2) is 0 Å². The molecule has 1 amide bonds. The minimum absolute atomic E-state index is 0.168. The molecule has 0 aromatic carbocycles. The standard InChI is InChI=1S/C20H26N4O3/c1-12(2)17-21-18(27-22-17)16-9-6-10-24(16)20(26)14-11-13-7-4-5-8-15(13)23(3)19(14)25/h11-12,16H,4-10H2,1-3H3/t16-/m1/s1. The summed E-state index contributed by atoms with van der Waals surface area (Å²) in [6.45, 7) is 4.61. The number of aromatic nitrogens is 3. The van der Waals surface area contributed by atoms with Crippen LogP contribution in [-0.2, 0) is 19.9 Å². The van der Waals surface area contributed by atoms with E-state index >= 15 is 0 Å². The fraction of sp³-hybridized carbons (Fsp3) is 0.600. The van der Waals surface area contributed by atoms with Crippen molar-refractivity contribution in [3.63, 3.8) is 0 Å². The van der Waals surface area contributed by atoms with Crippen molar-refractivity contribution in [2.75, 3.05) is 6.54 Å². The zero-order valence-corrected chi connectivity index (χ0v) is 16.2. The fourth-order valence-corrected chi connectivity index (χ4v) is 4.18. The van der Waals surface area contributed by atoms with Crippen molar-refractivity contribution < 1.29 is 9.32 Å². The average Bonchev–Trinajstić information content (AvgIpc) is 3.33. The van der Waals surface area contributed by atoms with Crippen LogP contribution in [0.5, 0.6) is 0 Å². The number of likely N-dealkylation sites (tertiary alicyclic amines) is 1. The predicted octanol–water partition coefficient (Wildman–Crippen LogP) is 2.75. The first-order chi connectivity index (χ1) is 13.0. The predicted molar refractivity (Wildman–Crippen MR) is 99.7 cm³/mol. The molecule has 7 heteroatoms. The molecule has 1 aliphatic heterocycles. The number of nitrogens with zero attached hydrogens (tertiary/aromatic N) is 4. The molecule has 1 fully saturated rings. The Hall–Kier alpha value is -2.44. The molecule has 0 radical (unpaired) electrons. The molecule has 1 atom stereocenters. The Labute approximate surface area is 158 Å². The van der Waals surface area contributed by atoms with Crippen LogP contribution in [0, 0.1) is 0 Å². The van der Waals surface area contributed by atoms with E-state index in [-0.39, 0.29) is 29.0 Å². The monoisotopic (exact) mass is 370 g/mol. The van der Waals surface area contributed by atoms with Gasteiger partial charge in [0.1, 0.15) is 11.6 Å². The van der Waals surface area contributed by atoms with Crippen LogP contribution in [0.15, 0.2) is 15.4 Å². The highest BCUT2D eigenvalue weighted by Gasteiger charge is 2.36. The summed E-state index contributed by atoms with van der Waals surface area (Å²) in [5.74, 6) is 1.06. The van der Waals surface area contributed by atoms with E-state index in [1.54, 1.807) is 16.5 Å². The Morgan fingerprint density at radius 3 is 2.78 bits per heavy atom. The second kappa shape index (κ2) is 6.94. The topological polar surface area (TPSA) is 81.2 Å². The summed E-state index contributed by atoms with van der Waals surface area (Å²) in [6, 6.07) is 1.57. The minimum Gasteiger partial charge on any atom is -0.337 e. The maximum Gasteiger partial charge on any atom is 0.263 e. The van der Waals surface area contributed by atoms with Gasteiger partial charge in [-0.1, -0.05) is 19.0 Å². The lowest BCUT2D eigenvalue weighted by atomic mass is 9.94. The molecule has 0 unspecified atom stereocenters. The van der Waals surface area contributed by atoms with Gasteiger partial charge >= 0.3 is 0 Å². The van der Waals surface area contributed by atoms with Crippen LogP contribution in [-0.4, -0.2) is 32.1 Å². The number of aryl methyl sites for hydroxylation is 1. The second-order valence-electron chi connectivity index (χ2n) is 7.90. The quantitative estimate of drug-likeness (QED) is 0.830. The Kier molecular flexibility index (Phi) is 4.61. The summed E-state index contributed by atoms with van der Waals surface area (Å²) in [4.78, 5) is 32.3. The molecular formula is C20H26N4O3. The number of hydrogen-bond donors (Lipinski definition) is 0. The summed E-state index contributed by atoms with van der Waals surface area (Å²) in [7, 11) is 1.78. The van der Waals surface area contributed by atoms with Gasteiger partial charge in [-0.15, -0.1) is 0 Å². The van der Waals surface area contributed by atoms with E-state index in [0.29, 0.717) is 18.3 Å². The lowest BCUT2D eigenvalue weighted by Gasteiger charge is -2.24. The number of rotatable bonds is 3. The van der Waals surface area contributed by atoms with Crippen molar-refractivity contribution in [2.45, 2.75) is 64.3 Å². The second-order valence-corrected chi connectivity index (χ2v) is 7.90. The van der Waals surface area contributed by atoms with E-state index in [1.807, 2.05) is 19.9 Å². The molecule has 27 heavy (non-hydrogen) atoms. The van der Waals surface area contributed by atoms with Crippen LogP contribution in [0.25, 0.3) is 0 Å². The molecule has 7 nitrogen and oxygen atoms in total. The third kappa shape index (κ3) is 3.09. The summed E-state index contributed by atoms with van der Waals surface area (Å²) in [5, 5.41) is 4.03. The highest BCUT2D eigenvalue weighted by molar-refractivity contribution is 5.94. The first kappa shape index (κ1) is 17.9. The smallest absolute Gasteiger partial charge is 0.263 e. The van der Waals surface area contributed by atoms with Gasteiger partial charge in [0, 0.05) is 25.2 Å². The van der Waals surface area contributed by atoms with E-state index < -0.39 is 0 Å². The van der Waals surface area contributed by atoms with Crippen LogP contribution in [0.1, 0.15) is 84.8 Å². The van der Waals surface area contributed by atoms with Gasteiger partial charge in [0.15, 0.2) is 5.82 Å². The number of carbonyl (C=O) groups is 1. The fourth-order valence-electron chi connectivity index (χ4n) is 4.18. The zero-order valence-electron chi connectivity index (χ0n) is 16.2. The van der Waals surface area contributed by atoms with Crippen molar-refractivity contribution in [3.8, 4) is 0 Å². The molecule has 2 aromatic rings. The van der Waals surface area contributed by atoms with Gasteiger partial charge in [-0.2, -0.15) is 4.98 Å². The number of fused-ring (bicyclic) bond motifs is 1. The maximum absolute atomic E-state index is 13.3. The number of carbonyl (C=O) groups excluding carboxylic acids is 1. The summed E-state index contributed by atoms with van der Waals surface area (Å²) < 4.78 is 7.10. The van der Waals surface area contributed by atoms with E-state index in [1.165, 1.54) is 0 Å². The Morgan fingerprint density at radius 1 is 1.26 bits per heavy atom. The molecule has 0 N–H and O–H groups in total. The van der Waals surface area contributed by atoms with Gasteiger partial charge in [-0.05, 0) is 50.2 Å². The van der Waals surface area contributed by atoms with Crippen molar-refractivity contribution in [1.29, 1.82) is 0 Å². The normalized spacial score (nSPS) is 19.6. The minimum atomic E-state index is -0.252. The van der Waals surface area contributed by atoms with Crippen molar-refractivity contribution >= 4 is 5.91 Å². The first-order valence-corrected chi connectivity index (χ1v) is 9.83. The first-order valence-electron chi connectivity index (χ1n) is 9.83. The molecule has 0 saturated carbocycles. The lowest BCUT2D eigenvalue weighted by molar-refractivity contribution is 0.0707. The molecule has 0 spiro atoms. The van der Waals surface area contributed by atoms with Crippen LogP contribution in [0.2, 0.25) is 0 Å². The Morgan fingerprint density at radius 2 is 2.04 bits per heavy atom. The molecule has 1 aliphatic carbocycles. The van der Waals surface area contributed by atoms with Gasteiger partial charge < -0.3 is 14.0 Å². The van der Waals surface area contributed by atoms with Crippen LogP contribution < -0.4 is 5.56 Å². The molecular weight excluding hydrogens is 344 g/mol. The lowest BCUT2D eigenvalue weighted by Crippen LogP contribution is -2.37. The van der Waals surface area contributed by atoms with Crippen molar-refractivity contribution in [1.82, 2.24) is 19.6 Å². The molecule has 3 heterocycles. The number of hydrogen-bond acceptors (Lipinski definition) is 5. The largest absolute Gasteiger partial charge is 0.337 e. The summed E-state index contributed by atoms with van der Waals surface area (Å²) in [5.41, 5.74) is 2.25. The SMILES string of the molecule is CC(C)c1noc([C@H]2CCCN2C(=O)c2cc3c(n(C)c2=O)CCCC3)n1. The van der Waals surface area contributed by atoms with Crippen LogP contribution >= 0.6 is 0 Å². The third-order valence-electron chi connectivity index (χ3n) is 5.74. The number of pyridine rings is 1. The molecule has 2 aromatic heterocycles. The average molecular weight is 370 g/mol. The van der Waals surface area contributed by atoms with Crippen molar-refractivity contribution in [2.24, 2.45) is 7.05 Å². The molecule has 1 saturated heterocycles. The van der Waals surface area contributed by atoms with Gasteiger partial charge in [-0.3, -0.25) is 9.59 Å². The summed E-state index contributed by atoms with van der Waals surface area (Å²) >= 11 is 0. The molecule has 4 rings (SSSR count). The van der Waals surface area contributed by atoms with Crippen LogP contribution in [0.3, 0.4) is 0 Å². The van der Waals surface area contributed by atoms with E-state index in [0.717, 1.165) is 49.8 Å². The Balaban J connectivity index is 1.67. The van der Waals surface area contributed by atoms with Gasteiger partial charge in [0.25, 0.3) is 11.5 Å². The third-order valence-corrected chi connectivity index (χ3v) is 5.74. The Bertz CT molecular complexity index is 928. The highest BCUT2D eigenvalue weighted by atomic mass is 16.5. The van der Waals surface area contributed by atoms with Gasteiger partial charge in [0.05, 0.1) is 0 Å². The molecule has 144 valence electrons. The van der Waals surface area contributed by atoms with E-state index in [9.17, 15) is 9.59 Å². The highest BCUT2D eigenvalue weighted by Crippen LogP contribution is 2.33. The van der Waals surface area contributed by atoms with Gasteiger partial charge in [0.2, 0.25) is 5.89 Å². The summed E-state index contributed by atoms with van der Waals surface area (Å²) in [6.07, 6.45) is 5.66. The van der Waals surface area contributed by atoms with Crippen LogP contribution in [0.4, 0.5) is 0 Å².